The van der Waals surface area contributed by atoms with Gasteiger partial charge in [0.2, 0.25) is 0 Å². The van der Waals surface area contributed by atoms with Gasteiger partial charge in [0, 0.05) is 5.70 Å². The SMILES string of the molecule is C=C(C)NC(=O)c1c(F)cccc1C(F)(F)F. The van der Waals surface area contributed by atoms with Gasteiger partial charge in [0.1, 0.15) is 5.82 Å². The summed E-state index contributed by atoms with van der Waals surface area (Å²) in [6.45, 7) is 4.69. The van der Waals surface area contributed by atoms with Crippen LogP contribution in [-0.4, -0.2) is 5.91 Å². The summed E-state index contributed by atoms with van der Waals surface area (Å²) in [5.74, 6) is -2.39. The Kier molecular flexibility index (Phi) is 3.55. The van der Waals surface area contributed by atoms with E-state index in [4.69, 9.17) is 0 Å². The van der Waals surface area contributed by atoms with Crippen molar-refractivity contribution in [3.63, 3.8) is 0 Å². The molecule has 17 heavy (non-hydrogen) atoms. The first-order valence-corrected chi connectivity index (χ1v) is 4.56. The number of alkyl halides is 3. The van der Waals surface area contributed by atoms with Gasteiger partial charge in [-0.15, -0.1) is 0 Å². The molecule has 0 saturated carbocycles. The summed E-state index contributed by atoms with van der Waals surface area (Å²) in [6.07, 6.45) is -4.79. The van der Waals surface area contributed by atoms with Gasteiger partial charge in [-0.2, -0.15) is 13.2 Å². The second kappa shape index (κ2) is 4.57. The van der Waals surface area contributed by atoms with Crippen LogP contribution in [0.1, 0.15) is 22.8 Å². The second-order valence-electron chi connectivity index (χ2n) is 3.39. The fourth-order valence-corrected chi connectivity index (χ4v) is 1.25. The largest absolute Gasteiger partial charge is 0.417 e. The molecule has 0 fully saturated rings. The Labute approximate surface area is 94.9 Å². The van der Waals surface area contributed by atoms with Crippen LogP contribution in [0, 0.1) is 5.82 Å². The first-order chi connectivity index (χ1) is 7.73. The van der Waals surface area contributed by atoms with E-state index < -0.39 is 29.0 Å². The minimum atomic E-state index is -4.79. The summed E-state index contributed by atoms with van der Waals surface area (Å²) in [5, 5.41) is 2.04. The quantitative estimate of drug-likeness (QED) is 0.799. The van der Waals surface area contributed by atoms with Crippen LogP contribution in [0.2, 0.25) is 0 Å². The van der Waals surface area contributed by atoms with Crippen LogP contribution in [0.15, 0.2) is 30.5 Å². The third-order valence-corrected chi connectivity index (χ3v) is 1.87. The highest BCUT2D eigenvalue weighted by molar-refractivity contribution is 5.97. The molecule has 0 aliphatic heterocycles. The zero-order chi connectivity index (χ0) is 13.2. The number of hydrogen-bond donors (Lipinski definition) is 1. The first-order valence-electron chi connectivity index (χ1n) is 4.56. The van der Waals surface area contributed by atoms with Gasteiger partial charge in [0.25, 0.3) is 5.91 Å². The molecule has 0 radical (unpaired) electrons. The molecule has 0 bridgehead atoms. The molecule has 0 unspecified atom stereocenters. The predicted molar refractivity (Wildman–Crippen MR) is 53.7 cm³/mol. The van der Waals surface area contributed by atoms with E-state index in [0.717, 1.165) is 12.1 Å². The number of halogens is 4. The van der Waals surface area contributed by atoms with Gasteiger partial charge in [-0.25, -0.2) is 4.39 Å². The van der Waals surface area contributed by atoms with E-state index in [0.29, 0.717) is 6.07 Å². The Morgan fingerprint density at radius 2 is 1.94 bits per heavy atom. The van der Waals surface area contributed by atoms with Crippen molar-refractivity contribution in [2.24, 2.45) is 0 Å². The lowest BCUT2D eigenvalue weighted by Gasteiger charge is -2.13. The number of nitrogens with one attached hydrogen (secondary N) is 1. The monoisotopic (exact) mass is 247 g/mol. The molecule has 92 valence electrons. The molecule has 0 atom stereocenters. The normalized spacial score (nSPS) is 11.1. The summed E-state index contributed by atoms with van der Waals surface area (Å²) in [6, 6.07) is 2.34. The van der Waals surface area contributed by atoms with Gasteiger partial charge < -0.3 is 5.32 Å². The second-order valence-corrected chi connectivity index (χ2v) is 3.39. The molecule has 0 heterocycles. The Morgan fingerprint density at radius 1 is 1.35 bits per heavy atom. The van der Waals surface area contributed by atoms with Gasteiger partial charge in [0.05, 0.1) is 11.1 Å². The van der Waals surface area contributed by atoms with Crippen LogP contribution in [0.5, 0.6) is 0 Å². The minimum Gasteiger partial charge on any atom is -0.326 e. The first kappa shape index (κ1) is 13.2. The van der Waals surface area contributed by atoms with Crippen LogP contribution in [-0.2, 0) is 6.18 Å². The van der Waals surface area contributed by atoms with E-state index in [1.165, 1.54) is 6.92 Å². The third kappa shape index (κ3) is 3.05. The predicted octanol–water partition coefficient (Wildman–Crippen LogP) is 3.11. The van der Waals surface area contributed by atoms with Crippen molar-refractivity contribution in [1.29, 1.82) is 0 Å². The zero-order valence-corrected chi connectivity index (χ0v) is 8.86. The molecular formula is C11H9F4NO. The van der Waals surface area contributed by atoms with Crippen molar-refractivity contribution < 1.29 is 22.4 Å². The van der Waals surface area contributed by atoms with Crippen molar-refractivity contribution >= 4 is 5.91 Å². The fourth-order valence-electron chi connectivity index (χ4n) is 1.25. The summed E-state index contributed by atoms with van der Waals surface area (Å²) < 4.78 is 51.0. The maximum absolute atomic E-state index is 13.3. The summed E-state index contributed by atoms with van der Waals surface area (Å²) >= 11 is 0. The summed E-state index contributed by atoms with van der Waals surface area (Å²) in [5.41, 5.74) is -2.20. The molecule has 1 aromatic rings. The fraction of sp³-hybridized carbons (Fsp3) is 0.182. The third-order valence-electron chi connectivity index (χ3n) is 1.87. The molecular weight excluding hydrogens is 238 g/mol. The lowest BCUT2D eigenvalue weighted by atomic mass is 10.1. The number of carbonyl (C=O) groups is 1. The number of amides is 1. The van der Waals surface area contributed by atoms with Gasteiger partial charge in [-0.3, -0.25) is 4.79 Å². The van der Waals surface area contributed by atoms with Crippen molar-refractivity contribution in [3.05, 3.63) is 47.4 Å². The van der Waals surface area contributed by atoms with Gasteiger partial charge in [0.15, 0.2) is 0 Å². The van der Waals surface area contributed by atoms with E-state index >= 15 is 0 Å². The van der Waals surface area contributed by atoms with Crippen LogP contribution >= 0.6 is 0 Å². The smallest absolute Gasteiger partial charge is 0.326 e. The standard InChI is InChI=1S/C11H9F4NO/c1-6(2)16-10(17)9-7(11(13,14)15)4-3-5-8(9)12/h3-5H,1H2,2H3,(H,16,17). The van der Waals surface area contributed by atoms with E-state index in [9.17, 15) is 22.4 Å². The van der Waals surface area contributed by atoms with Crippen LogP contribution in [0.25, 0.3) is 0 Å². The number of carbonyl (C=O) groups excluding carboxylic acids is 1. The van der Waals surface area contributed by atoms with Crippen molar-refractivity contribution in [2.45, 2.75) is 13.1 Å². The Balaban J connectivity index is 3.31. The number of hydrogen-bond acceptors (Lipinski definition) is 1. The van der Waals surface area contributed by atoms with Crippen LogP contribution < -0.4 is 5.32 Å². The molecule has 0 aliphatic carbocycles. The lowest BCUT2D eigenvalue weighted by Crippen LogP contribution is -2.25. The topological polar surface area (TPSA) is 29.1 Å². The van der Waals surface area contributed by atoms with Crippen LogP contribution in [0.4, 0.5) is 17.6 Å². The van der Waals surface area contributed by atoms with Crippen molar-refractivity contribution in [1.82, 2.24) is 5.32 Å². The highest BCUT2D eigenvalue weighted by Gasteiger charge is 2.36. The molecule has 1 N–H and O–H groups in total. The molecule has 1 amide bonds. The number of benzene rings is 1. The maximum atomic E-state index is 13.3. The number of allylic oxidation sites excluding steroid dienone is 1. The summed E-state index contributed by atoms with van der Waals surface area (Å²) in [4.78, 5) is 11.4. The van der Waals surface area contributed by atoms with Gasteiger partial charge in [-0.05, 0) is 19.1 Å². The Morgan fingerprint density at radius 3 is 2.41 bits per heavy atom. The van der Waals surface area contributed by atoms with Crippen molar-refractivity contribution in [2.75, 3.05) is 0 Å². The molecule has 6 heteroatoms. The minimum absolute atomic E-state index is 0.131. The average molecular weight is 247 g/mol. The zero-order valence-electron chi connectivity index (χ0n) is 8.86. The molecule has 1 rings (SSSR count). The van der Waals surface area contributed by atoms with E-state index in [-0.39, 0.29) is 5.70 Å². The molecule has 0 aromatic heterocycles. The molecule has 0 saturated heterocycles. The van der Waals surface area contributed by atoms with Crippen LogP contribution in [0.3, 0.4) is 0 Å². The Bertz CT molecular complexity index is 465. The average Bonchev–Trinajstić information content (AvgIpc) is 2.14. The van der Waals surface area contributed by atoms with Crippen molar-refractivity contribution in [3.8, 4) is 0 Å². The number of rotatable bonds is 2. The lowest BCUT2D eigenvalue weighted by molar-refractivity contribution is -0.138. The molecule has 0 aliphatic rings. The summed E-state index contributed by atoms with van der Waals surface area (Å²) in [7, 11) is 0. The Hall–Kier alpha value is -1.85. The highest BCUT2D eigenvalue weighted by atomic mass is 19.4. The molecule has 2 nitrogen and oxygen atoms in total. The highest BCUT2D eigenvalue weighted by Crippen LogP contribution is 2.32. The van der Waals surface area contributed by atoms with E-state index in [1.807, 2.05) is 5.32 Å². The van der Waals surface area contributed by atoms with Gasteiger partial charge >= 0.3 is 6.18 Å². The maximum Gasteiger partial charge on any atom is 0.417 e. The van der Waals surface area contributed by atoms with Gasteiger partial charge in [-0.1, -0.05) is 12.6 Å². The molecule has 0 spiro atoms. The van der Waals surface area contributed by atoms with E-state index in [2.05, 4.69) is 6.58 Å². The molecule has 1 aromatic carbocycles. The van der Waals surface area contributed by atoms with E-state index in [1.54, 1.807) is 0 Å².